The number of rotatable bonds is 1. The lowest BCUT2D eigenvalue weighted by Crippen LogP contribution is -2.16. The fraction of sp³-hybridized carbons (Fsp3) is 0.462. The number of ketones is 1. The van der Waals surface area contributed by atoms with Crippen LogP contribution in [0.3, 0.4) is 0 Å². The van der Waals surface area contributed by atoms with E-state index in [2.05, 4.69) is 26.8 Å². The van der Waals surface area contributed by atoms with Gasteiger partial charge in [-0.05, 0) is 36.5 Å². The van der Waals surface area contributed by atoms with E-state index in [4.69, 9.17) is 5.73 Å². The van der Waals surface area contributed by atoms with Crippen LogP contribution in [-0.4, -0.2) is 5.78 Å². The molecule has 0 amide bonds. The second-order valence-electron chi connectivity index (χ2n) is 5.08. The van der Waals surface area contributed by atoms with Crippen molar-refractivity contribution in [1.82, 2.24) is 0 Å². The minimum absolute atomic E-state index is 0.0275. The Morgan fingerprint density at radius 1 is 1.27 bits per heavy atom. The molecule has 0 heterocycles. The Morgan fingerprint density at radius 3 is 2.20 bits per heavy atom. The van der Waals surface area contributed by atoms with Gasteiger partial charge in [0.2, 0.25) is 0 Å². The third-order valence-electron chi connectivity index (χ3n) is 2.51. The molecule has 0 unspecified atom stereocenters. The Kier molecular flexibility index (Phi) is 2.89. The zero-order valence-electron chi connectivity index (χ0n) is 10.1. The number of hydrogen-bond donors (Lipinski definition) is 1. The first-order chi connectivity index (χ1) is 6.73. The van der Waals surface area contributed by atoms with E-state index in [9.17, 15) is 4.79 Å². The fourth-order valence-corrected chi connectivity index (χ4v) is 1.71. The van der Waals surface area contributed by atoms with E-state index in [1.54, 1.807) is 6.92 Å². The largest absolute Gasteiger partial charge is 0.398 e. The van der Waals surface area contributed by atoms with Gasteiger partial charge in [-0.3, -0.25) is 4.79 Å². The Labute approximate surface area is 91.5 Å². The van der Waals surface area contributed by atoms with Crippen LogP contribution in [0.4, 0.5) is 5.69 Å². The van der Waals surface area contributed by atoms with Crippen LogP contribution in [0, 0.1) is 6.92 Å². The quantitative estimate of drug-likeness (QED) is 0.565. The molecule has 0 saturated heterocycles. The van der Waals surface area contributed by atoms with Gasteiger partial charge < -0.3 is 5.73 Å². The van der Waals surface area contributed by atoms with E-state index in [1.165, 1.54) is 0 Å². The van der Waals surface area contributed by atoms with Crippen molar-refractivity contribution in [2.24, 2.45) is 0 Å². The highest BCUT2D eigenvalue weighted by atomic mass is 16.1. The molecule has 2 N–H and O–H groups in total. The predicted molar refractivity (Wildman–Crippen MR) is 64.3 cm³/mol. The van der Waals surface area contributed by atoms with Crippen LogP contribution in [0.5, 0.6) is 0 Å². The molecule has 1 aromatic carbocycles. The summed E-state index contributed by atoms with van der Waals surface area (Å²) in [6.45, 7) is 9.84. The first-order valence-corrected chi connectivity index (χ1v) is 5.15. The van der Waals surface area contributed by atoms with Crippen molar-refractivity contribution in [3.8, 4) is 0 Å². The lowest BCUT2D eigenvalue weighted by atomic mass is 9.83. The van der Waals surface area contributed by atoms with Crippen LogP contribution in [0.1, 0.15) is 49.2 Å². The van der Waals surface area contributed by atoms with Crippen molar-refractivity contribution >= 4 is 11.5 Å². The van der Waals surface area contributed by atoms with Gasteiger partial charge in [-0.15, -0.1) is 0 Å². The molecule has 0 atom stereocenters. The fourth-order valence-electron chi connectivity index (χ4n) is 1.71. The maximum absolute atomic E-state index is 11.4. The first kappa shape index (κ1) is 11.8. The van der Waals surface area contributed by atoms with Crippen molar-refractivity contribution in [3.05, 3.63) is 28.8 Å². The molecule has 82 valence electrons. The van der Waals surface area contributed by atoms with Gasteiger partial charge in [-0.1, -0.05) is 26.8 Å². The molecule has 1 rings (SSSR count). The SMILES string of the molecule is CC(=O)c1cc(C)cc(C(C)(C)C)c1N. The van der Waals surface area contributed by atoms with Gasteiger partial charge in [0.1, 0.15) is 0 Å². The Hall–Kier alpha value is -1.31. The zero-order chi connectivity index (χ0) is 11.8. The summed E-state index contributed by atoms with van der Waals surface area (Å²) in [4.78, 5) is 11.4. The molecule has 0 aliphatic rings. The summed E-state index contributed by atoms with van der Waals surface area (Å²) in [7, 11) is 0. The highest BCUT2D eigenvalue weighted by molar-refractivity contribution is 6.00. The number of hydrogen-bond acceptors (Lipinski definition) is 2. The van der Waals surface area contributed by atoms with Crippen LogP contribution < -0.4 is 5.73 Å². The second kappa shape index (κ2) is 3.69. The van der Waals surface area contributed by atoms with Crippen LogP contribution in [0.2, 0.25) is 0 Å². The molecule has 2 nitrogen and oxygen atoms in total. The van der Waals surface area contributed by atoms with E-state index in [0.717, 1.165) is 11.1 Å². The van der Waals surface area contributed by atoms with Gasteiger partial charge in [0.05, 0.1) is 0 Å². The zero-order valence-corrected chi connectivity index (χ0v) is 10.1. The molecule has 0 aliphatic heterocycles. The maximum atomic E-state index is 11.4. The molecule has 0 saturated carbocycles. The summed E-state index contributed by atoms with van der Waals surface area (Å²) in [5, 5.41) is 0. The molecule has 0 bridgehead atoms. The third-order valence-corrected chi connectivity index (χ3v) is 2.51. The second-order valence-corrected chi connectivity index (χ2v) is 5.08. The van der Waals surface area contributed by atoms with Crippen molar-refractivity contribution < 1.29 is 4.79 Å². The van der Waals surface area contributed by atoms with Crippen LogP contribution in [-0.2, 0) is 5.41 Å². The smallest absolute Gasteiger partial charge is 0.161 e. The van der Waals surface area contributed by atoms with Crippen LogP contribution >= 0.6 is 0 Å². The summed E-state index contributed by atoms with van der Waals surface area (Å²) in [6.07, 6.45) is 0. The average molecular weight is 205 g/mol. The number of benzene rings is 1. The first-order valence-electron chi connectivity index (χ1n) is 5.15. The van der Waals surface area contributed by atoms with Gasteiger partial charge in [0.25, 0.3) is 0 Å². The van der Waals surface area contributed by atoms with Crippen molar-refractivity contribution in [1.29, 1.82) is 0 Å². The normalized spacial score (nSPS) is 11.5. The minimum Gasteiger partial charge on any atom is -0.398 e. The van der Waals surface area contributed by atoms with E-state index in [-0.39, 0.29) is 11.2 Å². The number of carbonyl (C=O) groups excluding carboxylic acids is 1. The van der Waals surface area contributed by atoms with Gasteiger partial charge >= 0.3 is 0 Å². The number of aryl methyl sites for hydroxylation is 1. The summed E-state index contributed by atoms with van der Waals surface area (Å²) in [5.41, 5.74) is 9.39. The van der Waals surface area contributed by atoms with Crippen LogP contribution in [0.25, 0.3) is 0 Å². The van der Waals surface area contributed by atoms with E-state index >= 15 is 0 Å². The van der Waals surface area contributed by atoms with Crippen LogP contribution in [0.15, 0.2) is 12.1 Å². The molecule has 0 radical (unpaired) electrons. The van der Waals surface area contributed by atoms with Gasteiger partial charge in [-0.2, -0.15) is 0 Å². The number of nitrogen functional groups attached to an aromatic ring is 1. The highest BCUT2D eigenvalue weighted by Crippen LogP contribution is 2.31. The number of anilines is 1. The molecule has 0 aliphatic carbocycles. The standard InChI is InChI=1S/C13H19NO/c1-8-6-10(9(2)15)12(14)11(7-8)13(3,4)5/h6-7H,14H2,1-5H3. The maximum Gasteiger partial charge on any atom is 0.161 e. The van der Waals surface area contributed by atoms with Crippen molar-refractivity contribution in [2.45, 2.75) is 40.0 Å². The Balaban J connectivity index is 3.49. The highest BCUT2D eigenvalue weighted by Gasteiger charge is 2.20. The van der Waals surface area contributed by atoms with E-state index < -0.39 is 0 Å². The van der Waals surface area contributed by atoms with Gasteiger partial charge in [0, 0.05) is 11.3 Å². The number of Topliss-reactive ketones (excluding diaryl/α,β-unsaturated/α-hetero) is 1. The summed E-state index contributed by atoms with van der Waals surface area (Å²) >= 11 is 0. The topological polar surface area (TPSA) is 43.1 Å². The lowest BCUT2D eigenvalue weighted by Gasteiger charge is -2.23. The minimum atomic E-state index is -0.0275. The van der Waals surface area contributed by atoms with E-state index in [0.29, 0.717) is 11.3 Å². The molecular formula is C13H19NO. The van der Waals surface area contributed by atoms with Crippen molar-refractivity contribution in [3.63, 3.8) is 0 Å². The number of nitrogens with two attached hydrogens (primary N) is 1. The number of carbonyl (C=O) groups is 1. The molecule has 0 fully saturated rings. The third kappa shape index (κ3) is 2.38. The van der Waals surface area contributed by atoms with Gasteiger partial charge in [0.15, 0.2) is 5.78 Å². The summed E-state index contributed by atoms with van der Waals surface area (Å²) < 4.78 is 0. The molecular weight excluding hydrogens is 186 g/mol. The van der Waals surface area contributed by atoms with E-state index in [1.807, 2.05) is 13.0 Å². The summed E-state index contributed by atoms with van der Waals surface area (Å²) in [5.74, 6) is 0.0294. The summed E-state index contributed by atoms with van der Waals surface area (Å²) in [6, 6.07) is 3.91. The Bertz CT molecular complexity index is 400. The lowest BCUT2D eigenvalue weighted by molar-refractivity contribution is 0.101. The molecule has 15 heavy (non-hydrogen) atoms. The van der Waals surface area contributed by atoms with Crippen molar-refractivity contribution in [2.75, 3.05) is 5.73 Å². The van der Waals surface area contributed by atoms with Gasteiger partial charge in [-0.25, -0.2) is 0 Å². The predicted octanol–water partition coefficient (Wildman–Crippen LogP) is 3.08. The average Bonchev–Trinajstić information content (AvgIpc) is 2.06. The monoisotopic (exact) mass is 205 g/mol. The molecule has 1 aromatic rings. The molecule has 0 spiro atoms. The molecule has 0 aromatic heterocycles. The molecule has 2 heteroatoms. The Morgan fingerprint density at radius 2 is 1.80 bits per heavy atom.